The summed E-state index contributed by atoms with van der Waals surface area (Å²) >= 11 is 0. The van der Waals surface area contributed by atoms with E-state index >= 15 is 0 Å². The fourth-order valence-electron chi connectivity index (χ4n) is 7.87. The molecule has 0 spiro atoms. The van der Waals surface area contributed by atoms with E-state index in [-0.39, 0.29) is 13.8 Å². The smallest absolute Gasteiger partial charge is 0.323 e. The number of fused-ring (bicyclic) bond motifs is 9. The number of aryl methyl sites for hydroxylation is 1. The lowest BCUT2D eigenvalue weighted by Crippen LogP contribution is -2.51. The van der Waals surface area contributed by atoms with E-state index in [0.717, 1.165) is 28.4 Å². The molecule has 18 heteroatoms. The summed E-state index contributed by atoms with van der Waals surface area (Å²) in [5.41, 5.74) is 9.17. The first-order valence-corrected chi connectivity index (χ1v) is 25.1. The Labute approximate surface area is 653 Å². The van der Waals surface area contributed by atoms with Crippen molar-refractivity contribution < 1.29 is 168 Å². The van der Waals surface area contributed by atoms with Crippen LogP contribution in [0.4, 0.5) is 0 Å². The van der Waals surface area contributed by atoms with Crippen LogP contribution in [0.5, 0.6) is 34.5 Å². The van der Waals surface area contributed by atoms with Gasteiger partial charge in [0.15, 0.2) is 34.5 Å². The Morgan fingerprint density at radius 1 is 0.522 bits per heavy atom. The second kappa shape index (κ2) is 32.5. The monoisotopic (exact) mass is 1340 g/mol. The molecule has 0 bridgehead atoms. The minimum Gasteiger partial charge on any atom is -0.493 e. The number of nitrogens with two attached hydrogens (primary N) is 3. The molecule has 0 radical (unpaired) electrons. The van der Waals surface area contributed by atoms with E-state index in [9.17, 15) is 37.7 Å². The maximum Gasteiger partial charge on any atom is 0.323 e. The summed E-state index contributed by atoms with van der Waals surface area (Å²) in [7, 11) is -3.38. The van der Waals surface area contributed by atoms with Crippen molar-refractivity contribution >= 4 is 17.9 Å². The maximum atomic E-state index is 14.0. The molecule has 3 aromatic rings. The van der Waals surface area contributed by atoms with Crippen LogP contribution in [-0.2, 0) is 47.7 Å². The standard InChI is InChI=1S/3C24H38N2O4/c3*1-14(2)9-17-13-26-8-7-16-10-21(28-5)22(29-6)11-18(16)19(26)12-20(17)30-24(27)23(25)15(3)4/h3*10-11,14-15,17,19-20,23H,7-9,12-13,25H2,1-6H3/t3*17?,19?,20?,23-/m000/s1/i1D3,3D3,4D3,5D3,7D2,8D2,9D2,12D2,13D2,14D,15D,17D,19D,20D,23D;1D3,3D3,4D3,5D3,7D2,8D2,9D2,10D,11D,12D2,13D2,14D,15D,17D,23D;1D3,3D3,4D3,7D2,8D2,9D2,10D,11D,12D2,13D2,14D,15D,17D,23D/t3*14?,17?,19?,20?,23-. The van der Waals surface area contributed by atoms with Crippen molar-refractivity contribution in [1.82, 2.24) is 14.7 Å². The van der Waals surface area contributed by atoms with E-state index in [2.05, 4.69) is 0 Å². The highest BCUT2D eigenvalue weighted by Gasteiger charge is 2.45. The van der Waals surface area contributed by atoms with Gasteiger partial charge in [-0.3, -0.25) is 29.1 Å². The molecule has 18 nitrogen and oxygen atoms in total. The number of esters is 3. The van der Waals surface area contributed by atoms with Crippen LogP contribution < -0.4 is 45.6 Å². The number of carbonyl (C=O) groups is 3. The van der Waals surface area contributed by atoms with E-state index in [1.54, 1.807) is 0 Å². The molecule has 0 aliphatic carbocycles. The SMILES string of the molecule is [2H]C([2H])([2H])Oc1cc2c(cc1OC)C1([2H])N(C([2H])([2H])C2([2H])[2H])C([2H])([2H])C([2H])(C([2H])([2H])C([2H])(C)C([2H])([2H])[2H])C([2H])(OC(=O)[C@@]([2H])(N)C([2H])(C([2H])([2H])[2H])C([2H])([2H])[2H])C1([2H])[2H].[2H]c1c(OC)c(OC([2H])([2H])[2H])c([2H])c2c1C1N(C([2H])([2H])C2([2H])[2H])C([2H])([2H])C([2H])(C([2H])([2H])C([2H])(C)C([2H])([2H])[2H])C(OC(=O)[C@@]([2H])(N)C([2H])(C([2H])([2H])[2H])C([2H])([2H])[2H])C1([2H])[2H].[2H]c1c(OC)c(OC)c([2H])c2c1C1N(C([2H])([2H])C2([2H])[2H])C([2H])([2H])C([2H])(C([2H])([2H])C([2H])(C)C([2H])([2H])[2H])C(OC(=O)[C@@]([2H])(N)C([2H])(C([2H])([2H])[2H])C([2H])([2H])[2H])C1([2H])[2H]. The Kier molecular flexibility index (Phi) is 7.25. The third kappa shape index (κ3) is 17.5. The topological polar surface area (TPSA) is 222 Å². The van der Waals surface area contributed by atoms with Crippen LogP contribution in [0.25, 0.3) is 0 Å². The number of carbonyl (C=O) groups excluding carboxylic acids is 3. The van der Waals surface area contributed by atoms with Gasteiger partial charge in [0.1, 0.15) is 36.3 Å². The van der Waals surface area contributed by atoms with Crippen molar-refractivity contribution in [2.75, 3.05) is 81.5 Å². The van der Waals surface area contributed by atoms with Gasteiger partial charge in [-0.05, 0) is 143 Å². The van der Waals surface area contributed by atoms with Gasteiger partial charge in [0.25, 0.3) is 0 Å². The van der Waals surface area contributed by atoms with Crippen LogP contribution in [0.15, 0.2) is 36.3 Å². The average molecular weight is 1340 g/mol. The minimum absolute atomic E-state index is 0.180. The van der Waals surface area contributed by atoms with E-state index in [1.807, 2.05) is 0 Å². The Morgan fingerprint density at radius 3 is 1.36 bits per heavy atom. The van der Waals surface area contributed by atoms with Crippen molar-refractivity contribution in [3.05, 3.63) is 69.7 Å². The zero-order chi connectivity index (χ0) is 137. The van der Waals surface area contributed by atoms with Crippen molar-refractivity contribution in [2.45, 2.75) is 194 Å². The van der Waals surface area contributed by atoms with Crippen LogP contribution in [0.3, 0.4) is 0 Å². The fourth-order valence-corrected chi connectivity index (χ4v) is 7.87. The average Bonchev–Trinajstić information content (AvgIpc) is 0.625. The maximum absolute atomic E-state index is 14.0. The highest BCUT2D eigenvalue weighted by atomic mass is 16.6. The zero-order valence-corrected chi connectivity index (χ0v) is 47.9. The predicted molar refractivity (Wildman–Crippen MR) is 353 cm³/mol. The van der Waals surface area contributed by atoms with Crippen LogP contribution in [-0.4, -0.2) is 150 Å². The fraction of sp³-hybridized carbons (Fsp3) is 0.708. The normalized spacial score (nSPS) is 54.3. The molecule has 0 aromatic heterocycles. The first kappa shape index (κ1) is 20.1. The molecule has 504 valence electrons. The van der Waals surface area contributed by atoms with E-state index in [4.69, 9.17) is 148 Å². The Balaban J connectivity index is 0.000000344. The predicted octanol–water partition coefficient (Wildman–Crippen LogP) is 10.7. The van der Waals surface area contributed by atoms with E-state index in [0.29, 0.717) is 19.1 Å². The third-order valence-electron chi connectivity index (χ3n) is 11.9. The number of methoxy groups -OCH3 is 6. The van der Waals surface area contributed by atoms with Crippen LogP contribution >= 0.6 is 0 Å². The Morgan fingerprint density at radius 2 is 0.911 bits per heavy atom. The Hall–Kier alpha value is -5.37. The highest BCUT2D eigenvalue weighted by molar-refractivity contribution is 5.77. The molecule has 6 aliphatic heterocycles. The summed E-state index contributed by atoms with van der Waals surface area (Å²) in [6.45, 7) is -62.9. The summed E-state index contributed by atoms with van der Waals surface area (Å²) in [5.74, 6) is -53.3. The number of ether oxygens (including phenoxy) is 9. The third-order valence-corrected chi connectivity index (χ3v) is 11.9. The van der Waals surface area contributed by atoms with Gasteiger partial charge in [-0.2, -0.15) is 0 Å². The van der Waals surface area contributed by atoms with Crippen molar-refractivity contribution in [2.24, 2.45) is 70.2 Å². The van der Waals surface area contributed by atoms with Gasteiger partial charge in [0, 0.05) is 184 Å². The first-order valence-electron chi connectivity index (χ1n) is 65.6. The van der Waals surface area contributed by atoms with Crippen molar-refractivity contribution in [3.63, 3.8) is 0 Å². The van der Waals surface area contributed by atoms with Gasteiger partial charge >= 0.3 is 17.9 Å². The molecule has 12 unspecified atom stereocenters. The molecule has 9 rings (SSSR count). The zero-order valence-electron chi connectivity index (χ0n) is 129. The lowest BCUT2D eigenvalue weighted by Gasteiger charge is -2.47. The summed E-state index contributed by atoms with van der Waals surface area (Å²) in [5, 5.41) is 0. The molecule has 3 saturated heterocycles. The minimum atomic E-state index is -5.12. The van der Waals surface area contributed by atoms with Gasteiger partial charge in [0.2, 0.25) is 0 Å². The molecular formula is C72H114N6O12. The van der Waals surface area contributed by atoms with E-state index < -0.39 is 404 Å². The molecule has 6 N–H and O–H groups in total. The van der Waals surface area contributed by atoms with Crippen LogP contribution in [0.2, 0.25) is 0 Å². The quantitative estimate of drug-likeness (QED) is 0.0666. The number of rotatable bonds is 21. The molecular weight excluding hydrogens is 1140 g/mol. The second-order valence-electron chi connectivity index (χ2n) is 18.1. The number of benzene rings is 3. The van der Waals surface area contributed by atoms with Gasteiger partial charge in [0.05, 0.1) is 63.1 Å². The van der Waals surface area contributed by atoms with Crippen molar-refractivity contribution in [3.8, 4) is 34.5 Å². The molecule has 0 saturated carbocycles. The van der Waals surface area contributed by atoms with E-state index in [1.165, 1.54) is 0 Å². The summed E-state index contributed by atoms with van der Waals surface area (Å²) in [4.78, 5) is 40.2. The van der Waals surface area contributed by atoms with Crippen LogP contribution in [0, 0.1) is 53.0 Å². The number of nitrogens with zero attached hydrogens (tertiary/aromatic N) is 3. The lowest BCUT2D eigenvalue weighted by molar-refractivity contribution is -0.161. The molecule has 0 amide bonds. The largest absolute Gasteiger partial charge is 0.493 e. The molecule has 3 aromatic carbocycles. The summed E-state index contributed by atoms with van der Waals surface area (Å²) in [6.07, 6.45) is -50.9. The molecule has 6 aliphatic rings. The molecule has 6 heterocycles. The van der Waals surface area contributed by atoms with Gasteiger partial charge in [-0.15, -0.1) is 0 Å². The number of hydrogen-bond acceptors (Lipinski definition) is 18. The lowest BCUT2D eigenvalue weighted by atomic mass is 9.79. The van der Waals surface area contributed by atoms with Gasteiger partial charge in [-0.25, -0.2) is 0 Å². The van der Waals surface area contributed by atoms with Gasteiger partial charge < -0.3 is 59.8 Å². The Bertz CT molecular complexity index is 6520. The number of piperidine rings is 3. The van der Waals surface area contributed by atoms with Crippen LogP contribution in [0.1, 0.15) is 283 Å². The molecule has 15 atom stereocenters. The van der Waals surface area contributed by atoms with Gasteiger partial charge in [-0.1, -0.05) is 82.4 Å². The number of hydrogen-bond donors (Lipinski definition) is 3. The summed E-state index contributed by atoms with van der Waals surface area (Å²) < 4.78 is 729. The summed E-state index contributed by atoms with van der Waals surface area (Å²) in [6, 6.07) is -27.9. The molecule has 3 fully saturated rings. The first-order chi connectivity index (χ1) is 74.1. The molecule has 90 heavy (non-hydrogen) atoms. The second-order valence-corrected chi connectivity index (χ2v) is 18.1. The highest BCUT2D eigenvalue weighted by Crippen LogP contribution is 2.48. The van der Waals surface area contributed by atoms with Crippen molar-refractivity contribution in [1.29, 1.82) is 0 Å².